The van der Waals surface area contributed by atoms with E-state index >= 15 is 0 Å². The summed E-state index contributed by atoms with van der Waals surface area (Å²) in [5.41, 5.74) is 2.11. The molecule has 0 unspecified atom stereocenters. The first-order valence-electron chi connectivity index (χ1n) is 6.88. The predicted octanol–water partition coefficient (Wildman–Crippen LogP) is 3.17. The molecule has 0 N–H and O–H groups in total. The first-order valence-corrected chi connectivity index (χ1v) is 6.88. The minimum absolute atomic E-state index is 0.0667. The average molecular weight is 287 g/mol. The smallest absolute Gasteiger partial charge is 0.303 e. The minimum Gasteiger partial charge on any atom is -0.453 e. The molecule has 0 atom stereocenters. The van der Waals surface area contributed by atoms with Gasteiger partial charge in [-0.05, 0) is 24.0 Å². The third-order valence-corrected chi connectivity index (χ3v) is 3.25. The SMILES string of the molecule is CC(=O)OCC#CC#Cn1c2ccccc2c2ccccc21. The minimum atomic E-state index is -0.343. The van der Waals surface area contributed by atoms with Gasteiger partial charge in [-0.3, -0.25) is 9.36 Å². The Labute approximate surface area is 128 Å². The van der Waals surface area contributed by atoms with Crippen molar-refractivity contribution in [2.24, 2.45) is 0 Å². The maximum Gasteiger partial charge on any atom is 0.303 e. The predicted molar refractivity (Wildman–Crippen MR) is 87.0 cm³/mol. The Bertz CT molecular complexity index is 921. The fraction of sp³-hybridized carbons (Fsp3) is 0.105. The first kappa shape index (κ1) is 13.8. The Kier molecular flexibility index (Phi) is 3.81. The third-order valence-electron chi connectivity index (χ3n) is 3.25. The standard InChI is InChI=1S/C19H13NO2/c1-15(21)22-14-8-2-7-13-20-18-11-5-3-9-16(18)17-10-4-6-12-19(17)20/h3-6,9-12H,14H2,1H3. The van der Waals surface area contributed by atoms with E-state index in [0.717, 1.165) is 11.0 Å². The number of benzene rings is 2. The van der Waals surface area contributed by atoms with Gasteiger partial charge < -0.3 is 4.74 Å². The summed E-state index contributed by atoms with van der Waals surface area (Å²) in [4.78, 5) is 10.6. The number of aromatic nitrogens is 1. The van der Waals surface area contributed by atoms with E-state index in [1.807, 2.05) is 41.0 Å². The van der Waals surface area contributed by atoms with Crippen LogP contribution in [0.4, 0.5) is 0 Å². The second-order valence-electron chi connectivity index (χ2n) is 4.69. The molecular weight excluding hydrogens is 274 g/mol. The number of nitrogens with zero attached hydrogens (tertiary/aromatic N) is 1. The van der Waals surface area contributed by atoms with Gasteiger partial charge >= 0.3 is 5.97 Å². The van der Waals surface area contributed by atoms with Gasteiger partial charge in [0.05, 0.1) is 11.0 Å². The molecule has 0 amide bonds. The molecule has 2 aromatic carbocycles. The van der Waals surface area contributed by atoms with Crippen LogP contribution in [0.5, 0.6) is 0 Å². The highest BCUT2D eigenvalue weighted by atomic mass is 16.5. The molecule has 0 fully saturated rings. The molecular formula is C19H13NO2. The molecule has 0 spiro atoms. The summed E-state index contributed by atoms with van der Waals surface area (Å²) in [5.74, 6) is 7.86. The largest absolute Gasteiger partial charge is 0.453 e. The van der Waals surface area contributed by atoms with Crippen LogP contribution in [0.1, 0.15) is 6.92 Å². The maximum atomic E-state index is 10.6. The third kappa shape index (κ3) is 2.66. The van der Waals surface area contributed by atoms with Crippen molar-refractivity contribution in [3.63, 3.8) is 0 Å². The number of esters is 1. The molecule has 0 aliphatic heterocycles. The Morgan fingerprint density at radius 1 is 1.00 bits per heavy atom. The Hall–Kier alpha value is -3.17. The normalized spacial score (nSPS) is 9.68. The topological polar surface area (TPSA) is 31.2 Å². The number of ether oxygens (including phenoxy) is 1. The van der Waals surface area contributed by atoms with Crippen molar-refractivity contribution < 1.29 is 9.53 Å². The van der Waals surface area contributed by atoms with E-state index in [1.54, 1.807) is 0 Å². The van der Waals surface area contributed by atoms with Crippen LogP contribution >= 0.6 is 0 Å². The number of fused-ring (bicyclic) bond motifs is 3. The highest BCUT2D eigenvalue weighted by Crippen LogP contribution is 2.27. The summed E-state index contributed by atoms with van der Waals surface area (Å²) < 4.78 is 6.67. The molecule has 0 saturated heterocycles. The van der Waals surface area contributed by atoms with Gasteiger partial charge in [0.1, 0.15) is 0 Å². The molecule has 1 heterocycles. The van der Waals surface area contributed by atoms with Gasteiger partial charge in [-0.1, -0.05) is 36.4 Å². The fourth-order valence-corrected chi connectivity index (χ4v) is 2.34. The van der Waals surface area contributed by atoms with E-state index in [4.69, 9.17) is 4.74 Å². The van der Waals surface area contributed by atoms with Gasteiger partial charge in [0.15, 0.2) is 6.61 Å². The maximum absolute atomic E-state index is 10.6. The molecule has 0 bridgehead atoms. The zero-order chi connectivity index (χ0) is 15.4. The number of carbonyl (C=O) groups is 1. The van der Waals surface area contributed by atoms with Gasteiger partial charge in [0, 0.05) is 29.7 Å². The number of hydrogen-bond acceptors (Lipinski definition) is 2. The Morgan fingerprint density at radius 2 is 1.59 bits per heavy atom. The summed E-state index contributed by atoms with van der Waals surface area (Å²) in [6.07, 6.45) is 0. The second-order valence-corrected chi connectivity index (χ2v) is 4.69. The van der Waals surface area contributed by atoms with Crippen LogP contribution in [-0.2, 0) is 9.53 Å². The van der Waals surface area contributed by atoms with Crippen LogP contribution in [-0.4, -0.2) is 17.1 Å². The molecule has 3 aromatic rings. The van der Waals surface area contributed by atoms with E-state index in [2.05, 4.69) is 35.9 Å². The van der Waals surface area contributed by atoms with Crippen LogP contribution in [0.2, 0.25) is 0 Å². The van der Waals surface area contributed by atoms with Crippen molar-refractivity contribution in [1.82, 2.24) is 4.57 Å². The van der Waals surface area contributed by atoms with Crippen LogP contribution in [0.15, 0.2) is 48.5 Å². The van der Waals surface area contributed by atoms with E-state index in [0.29, 0.717) is 0 Å². The van der Waals surface area contributed by atoms with Crippen molar-refractivity contribution in [1.29, 1.82) is 0 Å². The van der Waals surface area contributed by atoms with Gasteiger partial charge in [-0.15, -0.1) is 0 Å². The zero-order valence-electron chi connectivity index (χ0n) is 12.1. The number of rotatable bonds is 1. The quantitative estimate of drug-likeness (QED) is 0.508. The molecule has 106 valence electrons. The highest BCUT2D eigenvalue weighted by molar-refractivity contribution is 6.08. The summed E-state index contributed by atoms with van der Waals surface area (Å²) in [5, 5.41) is 2.33. The molecule has 22 heavy (non-hydrogen) atoms. The van der Waals surface area contributed by atoms with Gasteiger partial charge in [-0.25, -0.2) is 0 Å². The number of hydrogen-bond donors (Lipinski definition) is 0. The molecule has 0 saturated carbocycles. The molecule has 0 aliphatic carbocycles. The molecule has 1 aromatic heterocycles. The molecule has 0 radical (unpaired) electrons. The van der Waals surface area contributed by atoms with Crippen molar-refractivity contribution in [3.05, 3.63) is 48.5 Å². The summed E-state index contributed by atoms with van der Waals surface area (Å²) in [7, 11) is 0. The monoisotopic (exact) mass is 287 g/mol. The van der Waals surface area contributed by atoms with Crippen molar-refractivity contribution in [3.8, 4) is 23.8 Å². The lowest BCUT2D eigenvalue weighted by Gasteiger charge is -1.95. The summed E-state index contributed by atoms with van der Waals surface area (Å²) in [6, 6.07) is 19.3. The van der Waals surface area contributed by atoms with Crippen LogP contribution in [0.3, 0.4) is 0 Å². The first-order chi connectivity index (χ1) is 10.8. The summed E-state index contributed by atoms with van der Waals surface area (Å²) >= 11 is 0. The fourth-order valence-electron chi connectivity index (χ4n) is 2.34. The zero-order valence-corrected chi connectivity index (χ0v) is 12.1. The van der Waals surface area contributed by atoms with Crippen LogP contribution in [0, 0.1) is 23.8 Å². The van der Waals surface area contributed by atoms with E-state index in [9.17, 15) is 4.79 Å². The second kappa shape index (κ2) is 6.08. The lowest BCUT2D eigenvalue weighted by molar-refractivity contribution is -0.139. The number of carbonyl (C=O) groups excluding carboxylic acids is 1. The highest BCUT2D eigenvalue weighted by Gasteiger charge is 2.07. The van der Waals surface area contributed by atoms with Crippen LogP contribution in [0.25, 0.3) is 21.8 Å². The molecule has 3 rings (SSSR count). The van der Waals surface area contributed by atoms with Gasteiger partial charge in [-0.2, -0.15) is 0 Å². The van der Waals surface area contributed by atoms with Crippen LogP contribution < -0.4 is 0 Å². The van der Waals surface area contributed by atoms with Gasteiger partial charge in [0.2, 0.25) is 0 Å². The Morgan fingerprint density at radius 3 is 2.18 bits per heavy atom. The Balaban J connectivity index is 2.01. The molecule has 0 aliphatic rings. The van der Waals surface area contributed by atoms with Crippen molar-refractivity contribution in [2.45, 2.75) is 6.92 Å². The number of para-hydroxylation sites is 2. The lowest BCUT2D eigenvalue weighted by atomic mass is 10.2. The van der Waals surface area contributed by atoms with E-state index in [1.165, 1.54) is 17.7 Å². The summed E-state index contributed by atoms with van der Waals surface area (Å²) in [6.45, 7) is 1.42. The van der Waals surface area contributed by atoms with Crippen molar-refractivity contribution >= 4 is 27.8 Å². The molecule has 3 nitrogen and oxygen atoms in total. The van der Waals surface area contributed by atoms with Gasteiger partial charge in [0.25, 0.3) is 0 Å². The molecule has 3 heteroatoms. The van der Waals surface area contributed by atoms with E-state index < -0.39 is 0 Å². The average Bonchev–Trinajstić information content (AvgIpc) is 2.85. The van der Waals surface area contributed by atoms with Crippen molar-refractivity contribution in [2.75, 3.05) is 6.61 Å². The lowest BCUT2D eigenvalue weighted by Crippen LogP contribution is -1.97. The van der Waals surface area contributed by atoms with E-state index in [-0.39, 0.29) is 12.6 Å².